The first kappa shape index (κ1) is 13.0. The summed E-state index contributed by atoms with van der Waals surface area (Å²) in [5.41, 5.74) is 0. The second kappa shape index (κ2) is 7.23. The lowest BCUT2D eigenvalue weighted by Gasteiger charge is -2.22. The zero-order chi connectivity index (χ0) is 11.1. The summed E-state index contributed by atoms with van der Waals surface area (Å²) in [6.45, 7) is 3.60. The van der Waals surface area contributed by atoms with E-state index in [-0.39, 0.29) is 10.7 Å². The lowest BCUT2D eigenvalue weighted by molar-refractivity contribution is -0.120. The molecule has 0 bridgehead atoms. The predicted octanol–water partition coefficient (Wildman–Crippen LogP) is 2.24. The van der Waals surface area contributed by atoms with Crippen LogP contribution in [0.2, 0.25) is 0 Å². The van der Waals surface area contributed by atoms with Crippen LogP contribution in [0, 0.1) is 0 Å². The van der Waals surface area contributed by atoms with Crippen LogP contribution in [-0.2, 0) is 9.53 Å². The van der Waals surface area contributed by atoms with Gasteiger partial charge in [-0.05, 0) is 32.1 Å². The van der Waals surface area contributed by atoms with Gasteiger partial charge in [-0.15, -0.1) is 0 Å². The standard InChI is InChI=1S/C11H20BrNO2/c1-2-10(12)11(14)13-7-6-9-5-3-4-8-15-9/h9-10H,2-8H2,1H3,(H,13,14). The van der Waals surface area contributed by atoms with Crippen LogP contribution in [0.5, 0.6) is 0 Å². The van der Waals surface area contributed by atoms with Crippen molar-refractivity contribution in [2.75, 3.05) is 13.2 Å². The van der Waals surface area contributed by atoms with Gasteiger partial charge in [-0.1, -0.05) is 22.9 Å². The lowest BCUT2D eigenvalue weighted by Crippen LogP contribution is -2.33. The third-order valence-corrected chi connectivity index (χ3v) is 3.75. The average molecular weight is 278 g/mol. The Morgan fingerprint density at radius 2 is 2.40 bits per heavy atom. The number of hydrogen-bond acceptors (Lipinski definition) is 2. The number of nitrogens with one attached hydrogen (secondary N) is 1. The molecule has 0 radical (unpaired) electrons. The van der Waals surface area contributed by atoms with Crippen LogP contribution in [0.1, 0.15) is 39.0 Å². The molecule has 1 aliphatic rings. The Morgan fingerprint density at radius 3 is 3.00 bits per heavy atom. The second-order valence-electron chi connectivity index (χ2n) is 3.94. The van der Waals surface area contributed by atoms with Gasteiger partial charge in [-0.25, -0.2) is 0 Å². The van der Waals surface area contributed by atoms with E-state index in [0.717, 1.165) is 32.4 Å². The highest BCUT2D eigenvalue weighted by Crippen LogP contribution is 2.14. The van der Waals surface area contributed by atoms with Gasteiger partial charge in [-0.3, -0.25) is 4.79 Å². The molecule has 1 heterocycles. The van der Waals surface area contributed by atoms with Crippen LogP contribution in [0.15, 0.2) is 0 Å². The molecule has 4 heteroatoms. The number of carbonyl (C=O) groups excluding carboxylic acids is 1. The maximum absolute atomic E-state index is 11.4. The Labute approximate surface area is 100 Å². The molecule has 1 amide bonds. The van der Waals surface area contributed by atoms with E-state index in [9.17, 15) is 4.79 Å². The maximum atomic E-state index is 11.4. The first-order valence-electron chi connectivity index (χ1n) is 5.77. The van der Waals surface area contributed by atoms with Crippen molar-refractivity contribution >= 4 is 21.8 Å². The summed E-state index contributed by atoms with van der Waals surface area (Å²) in [4.78, 5) is 11.4. The molecule has 1 aliphatic heterocycles. The van der Waals surface area contributed by atoms with Crippen LogP contribution in [0.3, 0.4) is 0 Å². The molecule has 1 N–H and O–H groups in total. The van der Waals surface area contributed by atoms with Crippen LogP contribution >= 0.6 is 15.9 Å². The number of hydrogen-bond donors (Lipinski definition) is 1. The molecule has 15 heavy (non-hydrogen) atoms. The van der Waals surface area contributed by atoms with E-state index in [1.54, 1.807) is 0 Å². The summed E-state index contributed by atoms with van der Waals surface area (Å²) < 4.78 is 5.58. The summed E-state index contributed by atoms with van der Waals surface area (Å²) in [7, 11) is 0. The second-order valence-corrected chi connectivity index (χ2v) is 5.05. The Kier molecular flexibility index (Phi) is 6.25. The van der Waals surface area contributed by atoms with E-state index in [0.29, 0.717) is 6.10 Å². The van der Waals surface area contributed by atoms with Crippen LogP contribution in [-0.4, -0.2) is 30.0 Å². The Hall–Kier alpha value is -0.0900. The van der Waals surface area contributed by atoms with E-state index in [1.807, 2.05) is 6.92 Å². The molecule has 1 saturated heterocycles. The van der Waals surface area contributed by atoms with Gasteiger partial charge in [-0.2, -0.15) is 0 Å². The van der Waals surface area contributed by atoms with Gasteiger partial charge in [0.05, 0.1) is 10.9 Å². The Bertz CT molecular complexity index is 193. The molecule has 3 nitrogen and oxygen atoms in total. The highest BCUT2D eigenvalue weighted by Gasteiger charge is 2.15. The van der Waals surface area contributed by atoms with Crippen molar-refractivity contribution in [1.82, 2.24) is 5.32 Å². The van der Waals surface area contributed by atoms with E-state index >= 15 is 0 Å². The van der Waals surface area contributed by atoms with Gasteiger partial charge < -0.3 is 10.1 Å². The molecular formula is C11H20BrNO2. The van der Waals surface area contributed by atoms with Crippen molar-refractivity contribution in [2.45, 2.75) is 50.0 Å². The van der Waals surface area contributed by atoms with Gasteiger partial charge in [0.15, 0.2) is 0 Å². The Balaban J connectivity index is 2.07. The van der Waals surface area contributed by atoms with Crippen molar-refractivity contribution in [2.24, 2.45) is 0 Å². The van der Waals surface area contributed by atoms with Gasteiger partial charge >= 0.3 is 0 Å². The zero-order valence-corrected chi connectivity index (χ0v) is 10.9. The third kappa shape index (κ3) is 4.98. The fourth-order valence-electron chi connectivity index (χ4n) is 1.69. The van der Waals surface area contributed by atoms with Crippen molar-refractivity contribution in [3.05, 3.63) is 0 Å². The Morgan fingerprint density at radius 1 is 1.60 bits per heavy atom. The first-order valence-corrected chi connectivity index (χ1v) is 6.69. The minimum absolute atomic E-state index is 0.0511. The average Bonchev–Trinajstić information content (AvgIpc) is 2.29. The van der Waals surface area contributed by atoms with Crippen LogP contribution < -0.4 is 5.32 Å². The van der Waals surface area contributed by atoms with Crippen LogP contribution in [0.25, 0.3) is 0 Å². The van der Waals surface area contributed by atoms with Gasteiger partial charge in [0.1, 0.15) is 0 Å². The summed E-state index contributed by atoms with van der Waals surface area (Å²) >= 11 is 3.33. The quantitative estimate of drug-likeness (QED) is 0.783. The van der Waals surface area contributed by atoms with E-state index in [2.05, 4.69) is 21.2 Å². The van der Waals surface area contributed by atoms with Crippen LogP contribution in [0.4, 0.5) is 0 Å². The predicted molar refractivity (Wildman–Crippen MR) is 64.2 cm³/mol. The zero-order valence-electron chi connectivity index (χ0n) is 9.30. The largest absolute Gasteiger partial charge is 0.378 e. The SMILES string of the molecule is CCC(Br)C(=O)NCCC1CCCCO1. The van der Waals surface area contributed by atoms with E-state index in [4.69, 9.17) is 4.74 Å². The van der Waals surface area contributed by atoms with Crippen molar-refractivity contribution in [3.8, 4) is 0 Å². The number of amides is 1. The number of ether oxygens (including phenoxy) is 1. The molecule has 2 unspecified atom stereocenters. The number of halogens is 1. The number of carbonyl (C=O) groups is 1. The molecular weight excluding hydrogens is 258 g/mol. The normalized spacial score (nSPS) is 23.5. The third-order valence-electron chi connectivity index (χ3n) is 2.68. The van der Waals surface area contributed by atoms with Gasteiger partial charge in [0.2, 0.25) is 5.91 Å². The highest BCUT2D eigenvalue weighted by atomic mass is 79.9. The smallest absolute Gasteiger partial charge is 0.233 e. The topological polar surface area (TPSA) is 38.3 Å². The molecule has 88 valence electrons. The van der Waals surface area contributed by atoms with Crippen molar-refractivity contribution < 1.29 is 9.53 Å². The fraction of sp³-hybridized carbons (Fsp3) is 0.909. The van der Waals surface area contributed by atoms with Crippen molar-refractivity contribution in [1.29, 1.82) is 0 Å². The van der Waals surface area contributed by atoms with Gasteiger partial charge in [0, 0.05) is 13.2 Å². The number of alkyl halides is 1. The fourth-order valence-corrected chi connectivity index (χ4v) is 1.85. The molecule has 1 fully saturated rings. The number of rotatable bonds is 5. The van der Waals surface area contributed by atoms with E-state index in [1.165, 1.54) is 12.8 Å². The first-order chi connectivity index (χ1) is 7.24. The molecule has 0 saturated carbocycles. The molecule has 2 atom stereocenters. The molecule has 0 aromatic carbocycles. The summed E-state index contributed by atoms with van der Waals surface area (Å²) in [5, 5.41) is 2.91. The highest BCUT2D eigenvalue weighted by molar-refractivity contribution is 9.10. The minimum atomic E-state index is -0.0511. The van der Waals surface area contributed by atoms with Gasteiger partial charge in [0.25, 0.3) is 0 Å². The summed E-state index contributed by atoms with van der Waals surface area (Å²) in [6, 6.07) is 0. The minimum Gasteiger partial charge on any atom is -0.378 e. The molecule has 0 aromatic heterocycles. The lowest BCUT2D eigenvalue weighted by atomic mass is 10.1. The monoisotopic (exact) mass is 277 g/mol. The van der Waals surface area contributed by atoms with E-state index < -0.39 is 0 Å². The summed E-state index contributed by atoms with van der Waals surface area (Å²) in [5.74, 6) is 0.0910. The molecule has 0 spiro atoms. The maximum Gasteiger partial charge on any atom is 0.233 e. The molecule has 0 aromatic rings. The molecule has 0 aliphatic carbocycles. The summed E-state index contributed by atoms with van der Waals surface area (Å²) in [6.07, 6.45) is 5.70. The van der Waals surface area contributed by atoms with Crippen molar-refractivity contribution in [3.63, 3.8) is 0 Å². The molecule has 1 rings (SSSR count).